The first kappa shape index (κ1) is 19.9. The minimum absolute atomic E-state index is 0.200. The maximum Gasteiger partial charge on any atom is 0.279 e. The molecule has 2 aromatic carbocycles. The second-order valence-electron chi connectivity index (χ2n) is 7.17. The monoisotopic (exact) mass is 410 g/mol. The summed E-state index contributed by atoms with van der Waals surface area (Å²) in [6.45, 7) is 3.69. The Hall–Kier alpha value is -2.44. The van der Waals surface area contributed by atoms with E-state index in [2.05, 4.69) is 11.1 Å². The summed E-state index contributed by atoms with van der Waals surface area (Å²) in [4.78, 5) is 18.2. The van der Waals surface area contributed by atoms with Crippen LogP contribution in [0.3, 0.4) is 0 Å². The van der Waals surface area contributed by atoms with Gasteiger partial charge < -0.3 is 14.0 Å². The van der Waals surface area contributed by atoms with E-state index in [1.807, 2.05) is 41.8 Å². The zero-order valence-corrected chi connectivity index (χ0v) is 17.8. The molecule has 1 aliphatic carbocycles. The summed E-state index contributed by atoms with van der Waals surface area (Å²) in [7, 11) is 1.67. The van der Waals surface area contributed by atoms with Gasteiger partial charge in [-0.25, -0.2) is 0 Å². The van der Waals surface area contributed by atoms with Gasteiger partial charge in [0.2, 0.25) is 0 Å². The van der Waals surface area contributed by atoms with Gasteiger partial charge in [0.05, 0.1) is 17.9 Å². The third-order valence-electron chi connectivity index (χ3n) is 5.28. The second kappa shape index (κ2) is 8.93. The number of carbonyl (C=O) groups excluding carboxylic acids is 1. The summed E-state index contributed by atoms with van der Waals surface area (Å²) in [5.74, 6) is 0.606. The molecule has 1 amide bonds. The number of benzene rings is 2. The number of hydrogen-bond donors (Lipinski definition) is 0. The molecule has 0 unspecified atom stereocenters. The van der Waals surface area contributed by atoms with E-state index in [9.17, 15) is 4.79 Å². The molecular weight excluding hydrogens is 384 g/mol. The Bertz CT molecular complexity index is 1100. The van der Waals surface area contributed by atoms with Crippen molar-refractivity contribution in [3.63, 3.8) is 0 Å². The van der Waals surface area contributed by atoms with E-state index < -0.39 is 0 Å². The van der Waals surface area contributed by atoms with Gasteiger partial charge >= 0.3 is 0 Å². The molecule has 0 radical (unpaired) electrons. The molecule has 4 rings (SSSR count). The first-order chi connectivity index (χ1) is 14.2. The molecule has 1 heterocycles. The molecule has 152 valence electrons. The van der Waals surface area contributed by atoms with Crippen molar-refractivity contribution in [1.29, 1.82) is 0 Å². The summed E-state index contributed by atoms with van der Waals surface area (Å²) < 4.78 is 14.2. The minimum atomic E-state index is -0.200. The lowest BCUT2D eigenvalue weighted by atomic mass is 9.90. The van der Waals surface area contributed by atoms with E-state index in [0.29, 0.717) is 30.1 Å². The lowest BCUT2D eigenvalue weighted by Gasteiger charge is -2.15. The third kappa shape index (κ3) is 4.14. The van der Waals surface area contributed by atoms with E-state index in [4.69, 9.17) is 9.47 Å². The van der Waals surface area contributed by atoms with Crippen LogP contribution >= 0.6 is 11.3 Å². The van der Waals surface area contributed by atoms with Crippen molar-refractivity contribution < 1.29 is 14.3 Å². The normalized spacial score (nSPS) is 14.2. The van der Waals surface area contributed by atoms with Crippen LogP contribution in [0.1, 0.15) is 41.3 Å². The summed E-state index contributed by atoms with van der Waals surface area (Å²) in [5, 5.41) is 0. The molecule has 1 aliphatic rings. The molecule has 0 saturated heterocycles. The van der Waals surface area contributed by atoms with E-state index in [1.165, 1.54) is 35.3 Å². The van der Waals surface area contributed by atoms with Gasteiger partial charge in [0, 0.05) is 19.2 Å². The predicted molar refractivity (Wildman–Crippen MR) is 116 cm³/mol. The zero-order chi connectivity index (χ0) is 20.2. The number of fused-ring (bicyclic) bond motifs is 2. The summed E-state index contributed by atoms with van der Waals surface area (Å²) in [6, 6.07) is 12.0. The van der Waals surface area contributed by atoms with Crippen LogP contribution in [-0.2, 0) is 24.1 Å². The average Bonchev–Trinajstić information content (AvgIpc) is 3.10. The second-order valence-corrected chi connectivity index (χ2v) is 8.18. The molecule has 29 heavy (non-hydrogen) atoms. The molecule has 0 spiro atoms. The molecule has 1 aromatic heterocycles. The van der Waals surface area contributed by atoms with Gasteiger partial charge in [0.1, 0.15) is 11.3 Å². The van der Waals surface area contributed by atoms with Crippen molar-refractivity contribution in [3.05, 3.63) is 57.9 Å². The molecule has 0 atom stereocenters. The Morgan fingerprint density at radius 2 is 2.00 bits per heavy atom. The van der Waals surface area contributed by atoms with Crippen molar-refractivity contribution in [2.24, 2.45) is 4.99 Å². The van der Waals surface area contributed by atoms with E-state index in [1.54, 1.807) is 7.11 Å². The fourth-order valence-electron chi connectivity index (χ4n) is 3.86. The van der Waals surface area contributed by atoms with Gasteiger partial charge in [0.25, 0.3) is 5.91 Å². The predicted octanol–water partition coefficient (Wildman–Crippen LogP) is 4.37. The Morgan fingerprint density at radius 1 is 1.17 bits per heavy atom. The number of nitrogens with zero attached hydrogens (tertiary/aromatic N) is 2. The van der Waals surface area contributed by atoms with E-state index >= 15 is 0 Å². The number of aromatic nitrogens is 1. The average molecular weight is 411 g/mol. The van der Waals surface area contributed by atoms with Gasteiger partial charge in [0.15, 0.2) is 4.80 Å². The van der Waals surface area contributed by atoms with Crippen LogP contribution < -0.4 is 9.54 Å². The van der Waals surface area contributed by atoms with Gasteiger partial charge in [-0.05, 0) is 68.0 Å². The van der Waals surface area contributed by atoms with Crippen LogP contribution in [0, 0.1) is 0 Å². The van der Waals surface area contributed by atoms with E-state index in [-0.39, 0.29) is 5.91 Å². The highest BCUT2D eigenvalue weighted by Crippen LogP contribution is 2.28. The Labute approximate surface area is 174 Å². The number of para-hydroxylation sites is 1. The fraction of sp³-hybridized carbons (Fsp3) is 0.391. The Kier molecular flexibility index (Phi) is 6.11. The maximum atomic E-state index is 13.0. The van der Waals surface area contributed by atoms with Crippen molar-refractivity contribution in [3.8, 4) is 5.75 Å². The molecule has 0 aliphatic heterocycles. The van der Waals surface area contributed by atoms with Crippen LogP contribution in [0.2, 0.25) is 0 Å². The topological polar surface area (TPSA) is 52.8 Å². The number of amides is 1. The highest BCUT2D eigenvalue weighted by molar-refractivity contribution is 7.16. The van der Waals surface area contributed by atoms with Crippen LogP contribution in [0.25, 0.3) is 10.2 Å². The standard InChI is InChI=1S/C23H26N2O3S/c1-3-28-19-9-6-10-20-21(19)25(13-14-27-2)23(29-20)24-22(26)18-12-11-16-7-4-5-8-17(16)15-18/h6,9-12,15H,3-5,7-8,13-14H2,1-2H3. The number of ether oxygens (including phenoxy) is 2. The third-order valence-corrected chi connectivity index (χ3v) is 6.32. The lowest BCUT2D eigenvalue weighted by Crippen LogP contribution is -2.20. The first-order valence-electron chi connectivity index (χ1n) is 10.2. The summed E-state index contributed by atoms with van der Waals surface area (Å²) >= 11 is 1.51. The molecule has 0 saturated carbocycles. The fourth-order valence-corrected chi connectivity index (χ4v) is 4.93. The molecule has 0 fully saturated rings. The number of carbonyl (C=O) groups is 1. The number of aryl methyl sites for hydroxylation is 2. The Balaban J connectivity index is 1.78. The Morgan fingerprint density at radius 3 is 2.79 bits per heavy atom. The van der Waals surface area contributed by atoms with Crippen LogP contribution in [-0.4, -0.2) is 30.8 Å². The smallest absolute Gasteiger partial charge is 0.279 e. The largest absolute Gasteiger partial charge is 0.492 e. The van der Waals surface area contributed by atoms with Gasteiger partial charge in [-0.15, -0.1) is 0 Å². The number of hydrogen-bond acceptors (Lipinski definition) is 4. The lowest BCUT2D eigenvalue weighted by molar-refractivity contribution is 0.0997. The van der Waals surface area contributed by atoms with Crippen molar-refractivity contribution in [1.82, 2.24) is 4.57 Å². The molecular formula is C23H26N2O3S. The SMILES string of the molecule is CCOc1cccc2sc(=NC(=O)c3ccc4c(c3)CCCC4)n(CCOC)c12. The minimum Gasteiger partial charge on any atom is -0.492 e. The molecule has 3 aromatic rings. The highest BCUT2D eigenvalue weighted by Gasteiger charge is 2.15. The number of thiazole rings is 1. The van der Waals surface area contributed by atoms with Gasteiger partial charge in [-0.2, -0.15) is 4.99 Å². The van der Waals surface area contributed by atoms with Crippen LogP contribution in [0.4, 0.5) is 0 Å². The van der Waals surface area contributed by atoms with Crippen molar-refractivity contribution in [2.75, 3.05) is 20.3 Å². The van der Waals surface area contributed by atoms with Gasteiger partial charge in [-0.3, -0.25) is 4.79 Å². The highest BCUT2D eigenvalue weighted by atomic mass is 32.1. The maximum absolute atomic E-state index is 13.0. The molecule has 6 heteroatoms. The number of methoxy groups -OCH3 is 1. The quantitative estimate of drug-likeness (QED) is 0.606. The first-order valence-corrected chi connectivity index (χ1v) is 11.0. The molecule has 5 nitrogen and oxygen atoms in total. The molecule has 0 bridgehead atoms. The number of rotatable bonds is 6. The molecule has 0 N–H and O–H groups in total. The zero-order valence-electron chi connectivity index (χ0n) is 16.9. The summed E-state index contributed by atoms with van der Waals surface area (Å²) in [5.41, 5.74) is 4.28. The van der Waals surface area contributed by atoms with Crippen molar-refractivity contribution in [2.45, 2.75) is 39.2 Å². The van der Waals surface area contributed by atoms with Crippen LogP contribution in [0.15, 0.2) is 41.4 Å². The van der Waals surface area contributed by atoms with Gasteiger partial charge in [-0.1, -0.05) is 23.5 Å². The van der Waals surface area contributed by atoms with Crippen molar-refractivity contribution >= 4 is 27.5 Å². The van der Waals surface area contributed by atoms with Crippen LogP contribution in [0.5, 0.6) is 5.75 Å². The van der Waals surface area contributed by atoms with E-state index in [0.717, 1.165) is 28.8 Å². The summed E-state index contributed by atoms with van der Waals surface area (Å²) in [6.07, 6.45) is 4.57.